The SMILES string of the molecule is COc1ccc(N2CCCNCCC2(C)C)cc1. The molecular formula is C15H24N2O. The molecule has 0 aliphatic carbocycles. The highest BCUT2D eigenvalue weighted by atomic mass is 16.5. The lowest BCUT2D eigenvalue weighted by Crippen LogP contribution is -2.48. The van der Waals surface area contributed by atoms with Crippen LogP contribution in [-0.2, 0) is 0 Å². The summed E-state index contributed by atoms with van der Waals surface area (Å²) in [6, 6.07) is 8.41. The zero-order valence-electron chi connectivity index (χ0n) is 11.7. The molecule has 3 heteroatoms. The summed E-state index contributed by atoms with van der Waals surface area (Å²) < 4.78 is 5.22. The molecule has 1 aliphatic heterocycles. The molecule has 0 spiro atoms. The van der Waals surface area contributed by atoms with E-state index in [9.17, 15) is 0 Å². The highest BCUT2D eigenvalue weighted by Gasteiger charge is 2.27. The molecule has 1 heterocycles. The van der Waals surface area contributed by atoms with Gasteiger partial charge in [0, 0.05) is 17.8 Å². The highest BCUT2D eigenvalue weighted by molar-refractivity contribution is 5.51. The third-order valence-corrected chi connectivity index (χ3v) is 3.76. The van der Waals surface area contributed by atoms with Crippen LogP contribution < -0.4 is 15.0 Å². The smallest absolute Gasteiger partial charge is 0.119 e. The van der Waals surface area contributed by atoms with Crippen molar-refractivity contribution >= 4 is 5.69 Å². The summed E-state index contributed by atoms with van der Waals surface area (Å²) in [6.45, 7) is 7.96. The third kappa shape index (κ3) is 2.96. The van der Waals surface area contributed by atoms with E-state index < -0.39 is 0 Å². The lowest BCUT2D eigenvalue weighted by molar-refractivity contribution is 0.386. The molecule has 1 aromatic carbocycles. The first-order chi connectivity index (χ1) is 8.63. The van der Waals surface area contributed by atoms with Crippen molar-refractivity contribution in [3.8, 4) is 5.75 Å². The van der Waals surface area contributed by atoms with Gasteiger partial charge < -0.3 is 15.0 Å². The molecule has 0 bridgehead atoms. The summed E-state index contributed by atoms with van der Waals surface area (Å²) in [4.78, 5) is 2.52. The first-order valence-electron chi connectivity index (χ1n) is 6.76. The van der Waals surface area contributed by atoms with E-state index in [1.165, 1.54) is 18.5 Å². The number of hydrogen-bond acceptors (Lipinski definition) is 3. The van der Waals surface area contributed by atoms with Crippen LogP contribution >= 0.6 is 0 Å². The predicted molar refractivity (Wildman–Crippen MR) is 76.5 cm³/mol. The highest BCUT2D eigenvalue weighted by Crippen LogP contribution is 2.28. The number of anilines is 1. The average molecular weight is 248 g/mol. The van der Waals surface area contributed by atoms with Crippen molar-refractivity contribution < 1.29 is 4.74 Å². The number of hydrogen-bond donors (Lipinski definition) is 1. The Kier molecular flexibility index (Phi) is 4.12. The molecule has 0 amide bonds. The second-order valence-electron chi connectivity index (χ2n) is 5.52. The predicted octanol–water partition coefficient (Wildman–Crippen LogP) is 2.66. The Labute approximate surface area is 110 Å². The lowest BCUT2D eigenvalue weighted by atomic mass is 9.95. The van der Waals surface area contributed by atoms with E-state index in [0.29, 0.717) is 0 Å². The molecule has 1 aliphatic rings. The van der Waals surface area contributed by atoms with Crippen molar-refractivity contribution in [2.24, 2.45) is 0 Å². The van der Waals surface area contributed by atoms with Crippen molar-refractivity contribution in [3.05, 3.63) is 24.3 Å². The summed E-state index contributed by atoms with van der Waals surface area (Å²) >= 11 is 0. The Morgan fingerprint density at radius 2 is 1.89 bits per heavy atom. The quantitative estimate of drug-likeness (QED) is 0.871. The van der Waals surface area contributed by atoms with Crippen LogP contribution in [-0.4, -0.2) is 32.3 Å². The molecule has 100 valence electrons. The van der Waals surface area contributed by atoms with Crippen LogP contribution in [0.25, 0.3) is 0 Å². The molecule has 1 aromatic rings. The minimum Gasteiger partial charge on any atom is -0.497 e. The van der Waals surface area contributed by atoms with Crippen LogP contribution in [0.2, 0.25) is 0 Å². The van der Waals surface area contributed by atoms with Crippen molar-refractivity contribution in [1.29, 1.82) is 0 Å². The second-order valence-corrected chi connectivity index (χ2v) is 5.52. The van der Waals surface area contributed by atoms with Crippen LogP contribution in [0.5, 0.6) is 5.75 Å². The third-order valence-electron chi connectivity index (χ3n) is 3.76. The molecule has 18 heavy (non-hydrogen) atoms. The van der Waals surface area contributed by atoms with E-state index in [1.807, 2.05) is 12.1 Å². The lowest BCUT2D eigenvalue weighted by Gasteiger charge is -2.42. The van der Waals surface area contributed by atoms with E-state index >= 15 is 0 Å². The maximum Gasteiger partial charge on any atom is 0.119 e. The van der Waals surface area contributed by atoms with Crippen molar-refractivity contribution in [2.45, 2.75) is 32.2 Å². The molecule has 1 saturated heterocycles. The van der Waals surface area contributed by atoms with Crippen molar-refractivity contribution in [2.75, 3.05) is 31.6 Å². The summed E-state index contributed by atoms with van der Waals surface area (Å²) in [5.74, 6) is 0.922. The number of rotatable bonds is 2. The van der Waals surface area contributed by atoms with E-state index in [1.54, 1.807) is 7.11 Å². The van der Waals surface area contributed by atoms with Crippen LogP contribution in [0.4, 0.5) is 5.69 Å². The van der Waals surface area contributed by atoms with Crippen molar-refractivity contribution in [3.63, 3.8) is 0 Å². The topological polar surface area (TPSA) is 24.5 Å². The molecule has 3 nitrogen and oxygen atoms in total. The Bertz CT molecular complexity index is 373. The first kappa shape index (κ1) is 13.2. The number of benzene rings is 1. The Balaban J connectivity index is 2.20. The fourth-order valence-corrected chi connectivity index (χ4v) is 2.56. The molecule has 0 atom stereocenters. The number of ether oxygens (including phenoxy) is 1. The van der Waals surface area contributed by atoms with Gasteiger partial charge >= 0.3 is 0 Å². The Morgan fingerprint density at radius 1 is 1.17 bits per heavy atom. The zero-order valence-corrected chi connectivity index (χ0v) is 11.7. The number of nitrogens with zero attached hydrogens (tertiary/aromatic N) is 1. The van der Waals surface area contributed by atoms with Gasteiger partial charge in [-0.15, -0.1) is 0 Å². The van der Waals surface area contributed by atoms with Gasteiger partial charge in [-0.1, -0.05) is 0 Å². The molecular weight excluding hydrogens is 224 g/mol. The Hall–Kier alpha value is -1.22. The summed E-state index contributed by atoms with van der Waals surface area (Å²) in [5.41, 5.74) is 1.49. The maximum atomic E-state index is 5.22. The monoisotopic (exact) mass is 248 g/mol. The second kappa shape index (κ2) is 5.61. The number of methoxy groups -OCH3 is 1. The minimum absolute atomic E-state index is 0.196. The number of nitrogens with one attached hydrogen (secondary N) is 1. The molecule has 1 N–H and O–H groups in total. The summed E-state index contributed by atoms with van der Waals surface area (Å²) in [7, 11) is 1.71. The Morgan fingerprint density at radius 3 is 2.56 bits per heavy atom. The van der Waals surface area contributed by atoms with Gasteiger partial charge in [-0.05, 0) is 64.0 Å². The zero-order chi connectivity index (χ0) is 13.0. The summed E-state index contributed by atoms with van der Waals surface area (Å²) in [5, 5.41) is 3.49. The van der Waals surface area contributed by atoms with Gasteiger partial charge in [-0.25, -0.2) is 0 Å². The van der Waals surface area contributed by atoms with Crippen LogP contribution in [0.1, 0.15) is 26.7 Å². The van der Waals surface area contributed by atoms with Gasteiger partial charge in [0.05, 0.1) is 7.11 Å². The summed E-state index contributed by atoms with van der Waals surface area (Å²) in [6.07, 6.45) is 2.36. The van der Waals surface area contributed by atoms with Gasteiger partial charge in [0.2, 0.25) is 0 Å². The van der Waals surface area contributed by atoms with Crippen LogP contribution in [0, 0.1) is 0 Å². The van der Waals surface area contributed by atoms with Crippen LogP contribution in [0.3, 0.4) is 0 Å². The van der Waals surface area contributed by atoms with E-state index in [2.05, 4.69) is 36.2 Å². The van der Waals surface area contributed by atoms with Crippen LogP contribution in [0.15, 0.2) is 24.3 Å². The molecule has 0 aromatic heterocycles. The van der Waals surface area contributed by atoms with Gasteiger partial charge in [-0.3, -0.25) is 0 Å². The van der Waals surface area contributed by atoms with Gasteiger partial charge in [-0.2, -0.15) is 0 Å². The maximum absolute atomic E-state index is 5.22. The molecule has 0 radical (unpaired) electrons. The fraction of sp³-hybridized carbons (Fsp3) is 0.600. The molecule has 2 rings (SSSR count). The first-order valence-corrected chi connectivity index (χ1v) is 6.76. The molecule has 0 saturated carbocycles. The molecule has 1 fully saturated rings. The van der Waals surface area contributed by atoms with Crippen molar-refractivity contribution in [1.82, 2.24) is 5.32 Å². The van der Waals surface area contributed by atoms with E-state index in [-0.39, 0.29) is 5.54 Å². The van der Waals surface area contributed by atoms with Gasteiger partial charge in [0.25, 0.3) is 0 Å². The minimum atomic E-state index is 0.196. The van der Waals surface area contributed by atoms with E-state index in [0.717, 1.165) is 25.4 Å². The largest absolute Gasteiger partial charge is 0.497 e. The molecule has 0 unspecified atom stereocenters. The van der Waals surface area contributed by atoms with Gasteiger partial charge in [0.15, 0.2) is 0 Å². The fourth-order valence-electron chi connectivity index (χ4n) is 2.56. The standard InChI is InChI=1S/C15H24N2O/c1-15(2)9-11-16-10-4-12-17(15)13-5-7-14(18-3)8-6-13/h5-8,16H,4,9-12H2,1-3H3. The average Bonchev–Trinajstić information content (AvgIpc) is 2.35. The normalized spacial score (nSPS) is 20.1. The van der Waals surface area contributed by atoms with Gasteiger partial charge in [0.1, 0.15) is 5.75 Å². The van der Waals surface area contributed by atoms with E-state index in [4.69, 9.17) is 4.74 Å².